The van der Waals surface area contributed by atoms with Crippen LogP contribution in [0.3, 0.4) is 0 Å². The Hall–Kier alpha value is -5.67. The Labute approximate surface area is 234 Å². The summed E-state index contributed by atoms with van der Waals surface area (Å²) in [5.74, 6) is -0.402. The molecule has 7 aromatic rings. The Morgan fingerprint density at radius 2 is 1.02 bits per heavy atom. The average molecular weight is 535 g/mol. The lowest BCUT2D eigenvalue weighted by molar-refractivity contribution is 0.628. The first-order chi connectivity index (χ1) is 20.1. The van der Waals surface area contributed by atoms with Crippen molar-refractivity contribution in [2.45, 2.75) is 0 Å². The lowest BCUT2D eigenvalue weighted by Crippen LogP contribution is -2.04. The van der Waals surface area contributed by atoms with Crippen LogP contribution in [0.2, 0.25) is 0 Å². The van der Waals surface area contributed by atoms with Crippen molar-refractivity contribution < 1.29 is 8.78 Å². The van der Waals surface area contributed by atoms with Gasteiger partial charge in [0.1, 0.15) is 11.6 Å². The first-order valence-electron chi connectivity index (χ1n) is 13.0. The lowest BCUT2D eigenvalue weighted by Gasteiger charge is -2.12. The molecule has 0 fully saturated rings. The molecular formula is C35H20F2N4. The fourth-order valence-corrected chi connectivity index (χ4v) is 5.19. The predicted octanol–water partition coefficient (Wildman–Crippen LogP) is 8.72. The molecule has 7 rings (SSSR count). The van der Waals surface area contributed by atoms with Gasteiger partial charge in [-0.05, 0) is 65.7 Å². The van der Waals surface area contributed by atoms with E-state index in [1.54, 1.807) is 24.3 Å². The molecule has 4 nitrogen and oxygen atoms in total. The number of halogens is 2. The monoisotopic (exact) mass is 534 g/mol. The van der Waals surface area contributed by atoms with Crippen molar-refractivity contribution in [3.63, 3.8) is 0 Å². The van der Waals surface area contributed by atoms with E-state index in [9.17, 15) is 8.78 Å². The molecule has 0 bridgehead atoms. The summed E-state index contributed by atoms with van der Waals surface area (Å²) >= 11 is 0. The molecule has 0 radical (unpaired) electrons. The summed E-state index contributed by atoms with van der Waals surface area (Å²) in [6, 6.07) is 38.4. The molecule has 0 saturated heterocycles. The van der Waals surface area contributed by atoms with E-state index in [0.29, 0.717) is 39.0 Å². The molecule has 41 heavy (non-hydrogen) atoms. The summed E-state index contributed by atoms with van der Waals surface area (Å²) in [6.07, 6.45) is 0. The Morgan fingerprint density at radius 1 is 0.537 bits per heavy atom. The average Bonchev–Trinajstić information content (AvgIpc) is 3.34. The van der Waals surface area contributed by atoms with Crippen molar-refractivity contribution in [1.29, 1.82) is 5.26 Å². The highest BCUT2D eigenvalue weighted by molar-refractivity contribution is 6.09. The van der Waals surface area contributed by atoms with E-state index < -0.39 is 11.6 Å². The second-order valence-electron chi connectivity index (χ2n) is 9.73. The predicted molar refractivity (Wildman–Crippen MR) is 157 cm³/mol. The highest BCUT2D eigenvalue weighted by Crippen LogP contribution is 2.34. The Balaban J connectivity index is 1.42. The molecule has 0 N–H and O–H groups in total. The second kappa shape index (κ2) is 9.82. The summed E-state index contributed by atoms with van der Waals surface area (Å²) in [5.41, 5.74) is 7.24. The molecule has 5 aromatic carbocycles. The normalized spacial score (nSPS) is 11.1. The van der Waals surface area contributed by atoms with Gasteiger partial charge in [-0.1, -0.05) is 66.7 Å². The van der Waals surface area contributed by atoms with Crippen molar-refractivity contribution in [2.24, 2.45) is 0 Å². The van der Waals surface area contributed by atoms with Gasteiger partial charge in [0.25, 0.3) is 0 Å². The first-order valence-corrected chi connectivity index (χ1v) is 13.0. The summed E-state index contributed by atoms with van der Waals surface area (Å²) in [4.78, 5) is 9.91. The van der Waals surface area contributed by atoms with Gasteiger partial charge < -0.3 is 0 Å². The Bertz CT molecular complexity index is 2050. The first kappa shape index (κ1) is 24.4. The minimum Gasteiger partial charge on any atom is -0.278 e. The Kier molecular flexibility index (Phi) is 5.84. The summed E-state index contributed by atoms with van der Waals surface area (Å²) in [5, 5.41) is 10.3. The molecule has 0 atom stereocenters. The maximum atomic E-state index is 14.3. The molecule has 0 aliphatic heterocycles. The van der Waals surface area contributed by atoms with Gasteiger partial charge in [-0.15, -0.1) is 0 Å². The number of hydrogen-bond acceptors (Lipinski definition) is 3. The second-order valence-corrected chi connectivity index (χ2v) is 9.73. The van der Waals surface area contributed by atoms with Crippen LogP contribution in [0.15, 0.2) is 121 Å². The number of hydrogen-bond donors (Lipinski definition) is 0. The van der Waals surface area contributed by atoms with Crippen LogP contribution in [0.5, 0.6) is 0 Å². The number of aromatic nitrogens is 3. The molecule has 0 spiro atoms. The van der Waals surface area contributed by atoms with Crippen LogP contribution in [-0.4, -0.2) is 14.5 Å². The van der Waals surface area contributed by atoms with Crippen molar-refractivity contribution in [1.82, 2.24) is 14.5 Å². The molecule has 0 unspecified atom stereocenters. The highest BCUT2D eigenvalue weighted by Gasteiger charge is 2.18. The Morgan fingerprint density at radius 3 is 1.56 bits per heavy atom. The van der Waals surface area contributed by atoms with Crippen molar-refractivity contribution in [3.8, 4) is 45.7 Å². The molecule has 2 aromatic heterocycles. The van der Waals surface area contributed by atoms with Crippen molar-refractivity contribution >= 4 is 21.8 Å². The van der Waals surface area contributed by atoms with E-state index in [2.05, 4.69) is 6.07 Å². The number of rotatable bonds is 4. The molecular weight excluding hydrogens is 514 g/mol. The van der Waals surface area contributed by atoms with E-state index in [1.165, 1.54) is 24.3 Å². The lowest BCUT2D eigenvalue weighted by atomic mass is 10.0. The van der Waals surface area contributed by atoms with Crippen LogP contribution in [-0.2, 0) is 0 Å². The van der Waals surface area contributed by atoms with Gasteiger partial charge in [-0.3, -0.25) is 4.57 Å². The zero-order valence-electron chi connectivity index (χ0n) is 21.6. The summed E-state index contributed by atoms with van der Waals surface area (Å²) in [7, 11) is 0. The van der Waals surface area contributed by atoms with Crippen molar-refractivity contribution in [3.05, 3.63) is 139 Å². The van der Waals surface area contributed by atoms with Crippen LogP contribution >= 0.6 is 0 Å². The van der Waals surface area contributed by atoms with E-state index in [0.717, 1.165) is 27.9 Å². The third-order valence-corrected chi connectivity index (χ3v) is 7.20. The van der Waals surface area contributed by atoms with E-state index in [4.69, 9.17) is 15.2 Å². The fourth-order valence-electron chi connectivity index (χ4n) is 5.19. The zero-order valence-corrected chi connectivity index (χ0v) is 21.6. The van der Waals surface area contributed by atoms with Crippen LogP contribution in [0.4, 0.5) is 8.78 Å². The molecule has 0 aliphatic carbocycles. The molecule has 2 heterocycles. The third-order valence-electron chi connectivity index (χ3n) is 7.20. The zero-order chi connectivity index (χ0) is 27.9. The summed E-state index contributed by atoms with van der Waals surface area (Å²) in [6.45, 7) is 0. The smallest absolute Gasteiger partial charge is 0.235 e. The number of nitrogens with zero attached hydrogens (tertiary/aromatic N) is 4. The van der Waals surface area contributed by atoms with Crippen molar-refractivity contribution in [2.75, 3.05) is 0 Å². The maximum Gasteiger partial charge on any atom is 0.235 e. The number of benzene rings is 5. The number of fused-ring (bicyclic) bond motifs is 3. The maximum absolute atomic E-state index is 14.3. The van der Waals surface area contributed by atoms with Crippen LogP contribution in [0.1, 0.15) is 5.56 Å². The molecule has 0 amide bonds. The number of nitriles is 1. The van der Waals surface area contributed by atoms with Gasteiger partial charge in [0, 0.05) is 21.9 Å². The van der Waals surface area contributed by atoms with E-state index in [1.807, 2.05) is 77.4 Å². The van der Waals surface area contributed by atoms with E-state index in [-0.39, 0.29) is 0 Å². The van der Waals surface area contributed by atoms with Gasteiger partial charge in [-0.25, -0.2) is 18.7 Å². The molecule has 194 valence electrons. The van der Waals surface area contributed by atoms with Crippen LogP contribution in [0.25, 0.3) is 61.4 Å². The fraction of sp³-hybridized carbons (Fsp3) is 0. The quantitative estimate of drug-likeness (QED) is 0.227. The van der Waals surface area contributed by atoms with Gasteiger partial charge in [0.2, 0.25) is 5.95 Å². The van der Waals surface area contributed by atoms with Gasteiger partial charge >= 0.3 is 0 Å². The highest BCUT2D eigenvalue weighted by atomic mass is 19.1. The van der Waals surface area contributed by atoms with Gasteiger partial charge in [0.05, 0.1) is 34.1 Å². The summed E-state index contributed by atoms with van der Waals surface area (Å²) < 4.78 is 30.4. The van der Waals surface area contributed by atoms with Crippen LogP contribution in [0, 0.1) is 23.0 Å². The SMILES string of the molecule is N#Cc1ccc(-c2ccc(-c3cc(-c4ccccc4)nc(-n4c5ccc(F)cc5c5cc(F)ccc54)n3)cc2)cc1. The standard InChI is InChI=1S/C35H20F2N4/c36-27-14-16-33-29(18-27)30-19-28(37)15-17-34(30)41(33)35-39-31(25-4-2-1-3-5-25)20-32(40-35)26-12-10-24(11-13-26)23-8-6-22(21-38)7-9-23/h1-20H. The molecule has 0 aliphatic rings. The van der Waals surface area contributed by atoms with E-state index >= 15 is 0 Å². The topological polar surface area (TPSA) is 54.5 Å². The minimum absolute atomic E-state index is 0.399. The van der Waals surface area contributed by atoms with Crippen LogP contribution < -0.4 is 0 Å². The minimum atomic E-state index is -0.400. The van der Waals surface area contributed by atoms with Gasteiger partial charge in [0.15, 0.2) is 0 Å². The largest absolute Gasteiger partial charge is 0.278 e. The third kappa shape index (κ3) is 4.40. The molecule has 0 saturated carbocycles. The molecule has 6 heteroatoms. The van der Waals surface area contributed by atoms with Gasteiger partial charge in [-0.2, -0.15) is 5.26 Å².